The monoisotopic (exact) mass is 216 g/mol. The van der Waals surface area contributed by atoms with Crippen LogP contribution in [0, 0.1) is 5.92 Å². The van der Waals surface area contributed by atoms with E-state index in [1.165, 1.54) is 13.8 Å². The van der Waals surface area contributed by atoms with E-state index in [1.807, 2.05) is 0 Å². The molecule has 0 aliphatic heterocycles. The number of aliphatic carboxylic acids is 1. The lowest BCUT2D eigenvalue weighted by molar-refractivity contribution is -0.147. The Hall–Kier alpha value is -1.59. The van der Waals surface area contributed by atoms with E-state index in [2.05, 4.69) is 10.6 Å². The molecule has 0 aromatic heterocycles. The van der Waals surface area contributed by atoms with Gasteiger partial charge in [-0.2, -0.15) is 0 Å². The number of amides is 2. The first-order valence-corrected chi connectivity index (χ1v) is 4.71. The largest absolute Gasteiger partial charge is 0.481 e. The molecule has 6 nitrogen and oxygen atoms in total. The number of likely N-dealkylation sites (N-methyl/N-ethyl adjacent to an activating group) is 1. The zero-order valence-electron chi connectivity index (χ0n) is 9.03. The average Bonchev–Trinajstić information content (AvgIpc) is 2.16. The first kappa shape index (κ1) is 13.4. The smallest absolute Gasteiger partial charge is 0.315 e. The lowest BCUT2D eigenvalue weighted by atomic mass is 10.1. The van der Waals surface area contributed by atoms with Crippen LogP contribution in [0.1, 0.15) is 20.8 Å². The van der Waals surface area contributed by atoms with Crippen LogP contribution in [-0.4, -0.2) is 35.5 Å². The third kappa shape index (κ3) is 4.44. The molecule has 0 rings (SSSR count). The van der Waals surface area contributed by atoms with Crippen LogP contribution < -0.4 is 10.6 Å². The maximum absolute atomic E-state index is 11.2. The molecule has 86 valence electrons. The molecule has 0 fully saturated rings. The van der Waals surface area contributed by atoms with Crippen molar-refractivity contribution in [3.05, 3.63) is 0 Å². The molecule has 2 amide bonds. The quantitative estimate of drug-likeness (QED) is 0.532. The molecular formula is C9H16N2O4. The first-order valence-electron chi connectivity index (χ1n) is 4.71. The molecule has 2 unspecified atom stereocenters. The predicted octanol–water partition coefficient (Wildman–Crippen LogP) is -0.652. The van der Waals surface area contributed by atoms with Crippen LogP contribution in [0.5, 0.6) is 0 Å². The Bertz CT molecular complexity index is 265. The van der Waals surface area contributed by atoms with Gasteiger partial charge < -0.3 is 15.7 Å². The van der Waals surface area contributed by atoms with Gasteiger partial charge in [0.2, 0.25) is 11.8 Å². The number of carbonyl (C=O) groups is 3. The average molecular weight is 216 g/mol. The molecule has 0 spiro atoms. The minimum atomic E-state index is -1.21. The number of rotatable bonds is 5. The number of hydrogen-bond donors (Lipinski definition) is 3. The SMILES string of the molecule is CCNC(=O)C(C)NC(=O)C(C)C(=O)O. The predicted molar refractivity (Wildman–Crippen MR) is 53.1 cm³/mol. The maximum atomic E-state index is 11.2. The summed E-state index contributed by atoms with van der Waals surface area (Å²) in [5.41, 5.74) is 0. The van der Waals surface area contributed by atoms with E-state index in [9.17, 15) is 14.4 Å². The van der Waals surface area contributed by atoms with Crippen LogP contribution in [0.15, 0.2) is 0 Å². The molecule has 15 heavy (non-hydrogen) atoms. The van der Waals surface area contributed by atoms with Gasteiger partial charge in [-0.15, -0.1) is 0 Å². The summed E-state index contributed by atoms with van der Waals surface area (Å²) < 4.78 is 0. The van der Waals surface area contributed by atoms with Crippen molar-refractivity contribution in [1.82, 2.24) is 10.6 Å². The molecule has 0 bridgehead atoms. The van der Waals surface area contributed by atoms with Crippen molar-refractivity contribution in [2.75, 3.05) is 6.54 Å². The Kier molecular flexibility index (Phi) is 5.36. The van der Waals surface area contributed by atoms with Crippen molar-refractivity contribution in [2.45, 2.75) is 26.8 Å². The maximum Gasteiger partial charge on any atom is 0.315 e. The van der Waals surface area contributed by atoms with Gasteiger partial charge >= 0.3 is 5.97 Å². The zero-order chi connectivity index (χ0) is 12.0. The van der Waals surface area contributed by atoms with Crippen LogP contribution in [-0.2, 0) is 14.4 Å². The molecule has 0 aromatic carbocycles. The zero-order valence-corrected chi connectivity index (χ0v) is 9.03. The fourth-order valence-electron chi connectivity index (χ4n) is 0.843. The Labute approximate surface area is 88.0 Å². The molecular weight excluding hydrogens is 200 g/mol. The highest BCUT2D eigenvalue weighted by Crippen LogP contribution is 1.95. The standard InChI is InChI=1S/C9H16N2O4/c1-4-10-8(13)6(3)11-7(12)5(2)9(14)15/h5-6H,4H2,1-3H3,(H,10,13)(H,11,12)(H,14,15). The summed E-state index contributed by atoms with van der Waals surface area (Å²) in [5, 5.41) is 13.4. The summed E-state index contributed by atoms with van der Waals surface area (Å²) in [6.07, 6.45) is 0. The summed E-state index contributed by atoms with van der Waals surface area (Å²) >= 11 is 0. The first-order chi connectivity index (χ1) is 6.90. The number of nitrogens with one attached hydrogen (secondary N) is 2. The lowest BCUT2D eigenvalue weighted by Gasteiger charge is -2.14. The summed E-state index contributed by atoms with van der Waals surface area (Å²) in [7, 11) is 0. The lowest BCUT2D eigenvalue weighted by Crippen LogP contribution is -2.47. The van der Waals surface area contributed by atoms with E-state index in [0.717, 1.165) is 0 Å². The van der Waals surface area contributed by atoms with Crippen molar-refractivity contribution >= 4 is 17.8 Å². The van der Waals surface area contributed by atoms with Gasteiger partial charge in [0.1, 0.15) is 12.0 Å². The fraction of sp³-hybridized carbons (Fsp3) is 0.667. The third-order valence-electron chi connectivity index (χ3n) is 1.87. The third-order valence-corrected chi connectivity index (χ3v) is 1.87. The van der Waals surface area contributed by atoms with Crippen molar-refractivity contribution in [3.8, 4) is 0 Å². The van der Waals surface area contributed by atoms with E-state index >= 15 is 0 Å². The van der Waals surface area contributed by atoms with E-state index in [4.69, 9.17) is 5.11 Å². The summed E-state index contributed by atoms with van der Waals surface area (Å²) in [5.74, 6) is -3.36. The molecule has 0 saturated carbocycles. The van der Waals surface area contributed by atoms with Gasteiger partial charge in [0, 0.05) is 6.54 Å². The summed E-state index contributed by atoms with van der Waals surface area (Å²) in [4.78, 5) is 32.9. The van der Waals surface area contributed by atoms with Crippen LogP contribution >= 0.6 is 0 Å². The van der Waals surface area contributed by atoms with Crippen molar-refractivity contribution in [1.29, 1.82) is 0 Å². The van der Waals surface area contributed by atoms with Crippen LogP contribution in [0.2, 0.25) is 0 Å². The normalized spacial score (nSPS) is 13.8. The van der Waals surface area contributed by atoms with Gasteiger partial charge in [-0.1, -0.05) is 0 Å². The van der Waals surface area contributed by atoms with E-state index in [-0.39, 0.29) is 5.91 Å². The second kappa shape index (κ2) is 6.00. The molecule has 0 aliphatic rings. The van der Waals surface area contributed by atoms with Crippen LogP contribution in [0.25, 0.3) is 0 Å². The van der Waals surface area contributed by atoms with Crippen molar-refractivity contribution in [2.24, 2.45) is 5.92 Å². The number of carboxylic acids is 1. The van der Waals surface area contributed by atoms with E-state index < -0.39 is 23.8 Å². The minimum Gasteiger partial charge on any atom is -0.481 e. The van der Waals surface area contributed by atoms with Gasteiger partial charge in [-0.05, 0) is 20.8 Å². The Morgan fingerprint density at radius 2 is 1.73 bits per heavy atom. The summed E-state index contributed by atoms with van der Waals surface area (Å²) in [6, 6.07) is -0.723. The van der Waals surface area contributed by atoms with Crippen molar-refractivity contribution in [3.63, 3.8) is 0 Å². The fourth-order valence-corrected chi connectivity index (χ4v) is 0.843. The van der Waals surface area contributed by atoms with Gasteiger partial charge in [-0.3, -0.25) is 14.4 Å². The molecule has 6 heteroatoms. The van der Waals surface area contributed by atoms with Gasteiger partial charge in [-0.25, -0.2) is 0 Å². The highest BCUT2D eigenvalue weighted by Gasteiger charge is 2.23. The Morgan fingerprint density at radius 1 is 1.20 bits per heavy atom. The molecule has 0 aromatic rings. The molecule has 0 heterocycles. The molecule has 0 aliphatic carbocycles. The second-order valence-electron chi connectivity index (χ2n) is 3.18. The topological polar surface area (TPSA) is 95.5 Å². The second-order valence-corrected chi connectivity index (χ2v) is 3.18. The highest BCUT2D eigenvalue weighted by molar-refractivity contribution is 5.98. The number of carbonyl (C=O) groups excluding carboxylic acids is 2. The van der Waals surface area contributed by atoms with E-state index in [1.54, 1.807) is 6.92 Å². The van der Waals surface area contributed by atoms with Gasteiger partial charge in [0.15, 0.2) is 0 Å². The van der Waals surface area contributed by atoms with Gasteiger partial charge in [0.25, 0.3) is 0 Å². The molecule has 3 N–H and O–H groups in total. The minimum absolute atomic E-state index is 0.330. The molecule has 0 radical (unpaired) electrons. The Balaban J connectivity index is 4.17. The van der Waals surface area contributed by atoms with E-state index in [0.29, 0.717) is 6.54 Å². The van der Waals surface area contributed by atoms with Crippen molar-refractivity contribution < 1.29 is 19.5 Å². The molecule has 0 saturated heterocycles. The molecule has 2 atom stereocenters. The number of hydrogen-bond acceptors (Lipinski definition) is 3. The van der Waals surface area contributed by atoms with Crippen LogP contribution in [0.3, 0.4) is 0 Å². The van der Waals surface area contributed by atoms with Crippen LogP contribution in [0.4, 0.5) is 0 Å². The summed E-state index contributed by atoms with van der Waals surface area (Å²) in [6.45, 7) is 4.99. The van der Waals surface area contributed by atoms with Gasteiger partial charge in [0.05, 0.1) is 0 Å². The number of carboxylic acid groups (broad SMARTS) is 1. The Morgan fingerprint density at radius 3 is 2.13 bits per heavy atom. The highest BCUT2D eigenvalue weighted by atomic mass is 16.4.